The Balaban J connectivity index is 2.86. The number of carbonyl (C=O) groups excluding carboxylic acids is 2. The summed E-state index contributed by atoms with van der Waals surface area (Å²) in [7, 11) is 0. The van der Waals surface area contributed by atoms with E-state index in [-0.39, 0.29) is 47.1 Å². The molecule has 2 N–H and O–H groups in total. The molecular formula is C17H25Cl2N3O2. The third-order valence-corrected chi connectivity index (χ3v) is 4.45. The summed E-state index contributed by atoms with van der Waals surface area (Å²) in [6.07, 6.45) is 0. The molecule has 1 aromatic rings. The van der Waals surface area contributed by atoms with Crippen molar-refractivity contribution in [3.8, 4) is 0 Å². The van der Waals surface area contributed by atoms with E-state index in [1.165, 1.54) is 0 Å². The van der Waals surface area contributed by atoms with Crippen LogP contribution in [0.5, 0.6) is 0 Å². The van der Waals surface area contributed by atoms with Gasteiger partial charge in [0.05, 0.1) is 0 Å². The van der Waals surface area contributed by atoms with Crippen LogP contribution in [0.2, 0.25) is 0 Å². The molecule has 24 heavy (non-hydrogen) atoms. The van der Waals surface area contributed by atoms with Crippen molar-refractivity contribution in [3.63, 3.8) is 0 Å². The molecular weight excluding hydrogens is 349 g/mol. The van der Waals surface area contributed by atoms with E-state index in [0.29, 0.717) is 11.8 Å². The number of nitrogens with one attached hydrogen (secondary N) is 2. The van der Waals surface area contributed by atoms with Gasteiger partial charge in [-0.05, 0) is 24.0 Å². The lowest BCUT2D eigenvalue weighted by molar-refractivity contribution is 0.0921. The van der Waals surface area contributed by atoms with E-state index in [4.69, 9.17) is 23.2 Å². The minimum absolute atomic E-state index is 0.153. The molecule has 1 unspecified atom stereocenters. The summed E-state index contributed by atoms with van der Waals surface area (Å²) in [4.78, 5) is 28.7. The number of halogens is 2. The van der Waals surface area contributed by atoms with Gasteiger partial charge in [-0.2, -0.15) is 0 Å². The van der Waals surface area contributed by atoms with Crippen LogP contribution in [0.15, 0.2) is 18.2 Å². The average molecular weight is 374 g/mol. The second kappa shape index (κ2) is 9.84. The predicted octanol–water partition coefficient (Wildman–Crippen LogP) is 3.07. The largest absolute Gasteiger partial charge is 0.347 e. The van der Waals surface area contributed by atoms with Gasteiger partial charge >= 0.3 is 0 Å². The Morgan fingerprint density at radius 3 is 1.58 bits per heavy atom. The predicted molar refractivity (Wildman–Crippen MR) is 97.9 cm³/mol. The van der Waals surface area contributed by atoms with E-state index < -0.39 is 0 Å². The van der Waals surface area contributed by atoms with Crippen molar-refractivity contribution in [2.24, 2.45) is 11.8 Å². The standard InChI is InChI=1S/C17H25Cl2N3O2/c1-10(2)14(8-18)21-16(23)12-6-5-7-13(20-12)17(24)22-15(9-19)11(3)4/h5-7,10-11,14-15H,8-9H2,1-4H3,(H,21,23)(H,22,24)/t14-,15?/m1/s1. The second-order valence-corrected chi connectivity index (χ2v) is 6.98. The van der Waals surface area contributed by atoms with Crippen molar-refractivity contribution in [1.29, 1.82) is 0 Å². The highest BCUT2D eigenvalue weighted by molar-refractivity contribution is 6.18. The van der Waals surface area contributed by atoms with Gasteiger partial charge in [0.25, 0.3) is 11.8 Å². The van der Waals surface area contributed by atoms with Crippen LogP contribution in [0.3, 0.4) is 0 Å². The molecule has 1 heterocycles. The second-order valence-electron chi connectivity index (χ2n) is 6.36. The van der Waals surface area contributed by atoms with Gasteiger partial charge in [-0.25, -0.2) is 4.98 Å². The normalized spacial score (nSPS) is 13.7. The molecule has 0 spiro atoms. The van der Waals surface area contributed by atoms with Gasteiger partial charge in [0.2, 0.25) is 0 Å². The monoisotopic (exact) mass is 373 g/mol. The highest BCUT2D eigenvalue weighted by atomic mass is 35.5. The molecule has 0 aliphatic carbocycles. The zero-order chi connectivity index (χ0) is 18.3. The Bertz CT molecular complexity index is 519. The van der Waals surface area contributed by atoms with Gasteiger partial charge in [-0.3, -0.25) is 9.59 Å². The fourth-order valence-electron chi connectivity index (χ4n) is 1.94. The van der Waals surface area contributed by atoms with Crippen molar-refractivity contribution in [3.05, 3.63) is 29.6 Å². The Hall–Kier alpha value is -1.33. The Morgan fingerprint density at radius 1 is 0.917 bits per heavy atom. The summed E-state index contributed by atoms with van der Waals surface area (Å²) in [5.41, 5.74) is 0.371. The third kappa shape index (κ3) is 5.95. The smallest absolute Gasteiger partial charge is 0.270 e. The highest BCUT2D eigenvalue weighted by Crippen LogP contribution is 2.08. The van der Waals surface area contributed by atoms with Crippen LogP contribution in [-0.2, 0) is 0 Å². The SMILES string of the molecule is CC(C)C(CCl)NC(=O)c1cccc(C(=O)N[C@H](CCl)C(C)C)n1. The first-order valence-corrected chi connectivity index (χ1v) is 9.07. The molecule has 2 amide bonds. The van der Waals surface area contributed by atoms with Crippen molar-refractivity contribution < 1.29 is 9.59 Å². The maximum absolute atomic E-state index is 12.3. The van der Waals surface area contributed by atoms with Crippen LogP contribution in [-0.4, -0.2) is 40.6 Å². The summed E-state index contributed by atoms with van der Waals surface area (Å²) in [5, 5.41) is 5.67. The van der Waals surface area contributed by atoms with Gasteiger partial charge in [-0.1, -0.05) is 33.8 Å². The molecule has 2 atom stereocenters. The van der Waals surface area contributed by atoms with E-state index in [2.05, 4.69) is 15.6 Å². The molecule has 0 aliphatic heterocycles. The van der Waals surface area contributed by atoms with Crippen LogP contribution >= 0.6 is 23.2 Å². The molecule has 1 aromatic heterocycles. The maximum atomic E-state index is 12.3. The van der Waals surface area contributed by atoms with Crippen LogP contribution in [0.4, 0.5) is 0 Å². The highest BCUT2D eigenvalue weighted by Gasteiger charge is 2.20. The molecule has 0 aliphatic rings. The lowest BCUT2D eigenvalue weighted by Gasteiger charge is -2.20. The molecule has 5 nitrogen and oxygen atoms in total. The lowest BCUT2D eigenvalue weighted by atomic mass is 10.1. The molecule has 0 bridgehead atoms. The molecule has 7 heteroatoms. The van der Waals surface area contributed by atoms with Gasteiger partial charge in [-0.15, -0.1) is 23.2 Å². The number of rotatable bonds is 8. The summed E-state index contributed by atoms with van der Waals surface area (Å²) in [6, 6.07) is 4.46. The van der Waals surface area contributed by atoms with Crippen LogP contribution in [0, 0.1) is 11.8 Å². The van der Waals surface area contributed by atoms with Crippen molar-refractivity contribution in [2.45, 2.75) is 39.8 Å². The molecule has 0 saturated carbocycles. The molecule has 0 saturated heterocycles. The fourth-order valence-corrected chi connectivity index (χ4v) is 2.81. The van der Waals surface area contributed by atoms with E-state index >= 15 is 0 Å². The number of nitrogens with zero attached hydrogens (tertiary/aromatic N) is 1. The van der Waals surface area contributed by atoms with Crippen molar-refractivity contribution in [1.82, 2.24) is 15.6 Å². The first-order valence-electron chi connectivity index (χ1n) is 8.00. The van der Waals surface area contributed by atoms with Crippen molar-refractivity contribution >= 4 is 35.0 Å². The Kier molecular flexibility index (Phi) is 8.50. The number of aromatic nitrogens is 1. The van der Waals surface area contributed by atoms with E-state index in [0.717, 1.165) is 0 Å². The number of alkyl halides is 2. The Morgan fingerprint density at radius 2 is 1.29 bits per heavy atom. The van der Waals surface area contributed by atoms with Crippen LogP contribution in [0.25, 0.3) is 0 Å². The molecule has 0 aromatic carbocycles. The zero-order valence-electron chi connectivity index (χ0n) is 14.5. The van der Waals surface area contributed by atoms with Gasteiger partial charge < -0.3 is 10.6 Å². The van der Waals surface area contributed by atoms with Gasteiger partial charge in [0.1, 0.15) is 11.4 Å². The fraction of sp³-hybridized carbons (Fsp3) is 0.588. The lowest BCUT2D eigenvalue weighted by Crippen LogP contribution is -2.41. The molecule has 134 valence electrons. The van der Waals surface area contributed by atoms with Crippen molar-refractivity contribution in [2.75, 3.05) is 11.8 Å². The summed E-state index contributed by atoms with van der Waals surface area (Å²) in [6.45, 7) is 7.90. The van der Waals surface area contributed by atoms with Crippen LogP contribution in [0.1, 0.15) is 48.7 Å². The number of amides is 2. The third-order valence-electron chi connectivity index (χ3n) is 3.79. The summed E-state index contributed by atoms with van der Waals surface area (Å²) >= 11 is 11.7. The topological polar surface area (TPSA) is 71.1 Å². The summed E-state index contributed by atoms with van der Waals surface area (Å²) in [5.74, 6) is 0.343. The van der Waals surface area contributed by atoms with Gasteiger partial charge in [0, 0.05) is 23.8 Å². The zero-order valence-corrected chi connectivity index (χ0v) is 16.0. The number of pyridine rings is 1. The van der Waals surface area contributed by atoms with E-state index in [9.17, 15) is 9.59 Å². The first-order chi connectivity index (χ1) is 11.3. The minimum Gasteiger partial charge on any atom is -0.347 e. The minimum atomic E-state index is -0.346. The summed E-state index contributed by atoms with van der Waals surface area (Å²) < 4.78 is 0. The number of hydrogen-bond acceptors (Lipinski definition) is 3. The molecule has 0 radical (unpaired) electrons. The van der Waals surface area contributed by atoms with E-state index in [1.807, 2.05) is 27.7 Å². The first kappa shape index (κ1) is 20.7. The quantitative estimate of drug-likeness (QED) is 0.687. The van der Waals surface area contributed by atoms with Gasteiger partial charge in [0.15, 0.2) is 0 Å². The van der Waals surface area contributed by atoms with Crippen LogP contribution < -0.4 is 10.6 Å². The molecule has 0 fully saturated rings. The van der Waals surface area contributed by atoms with E-state index in [1.54, 1.807) is 18.2 Å². The number of hydrogen-bond donors (Lipinski definition) is 2. The Labute approximate surface area is 153 Å². The number of carbonyl (C=O) groups is 2. The maximum Gasteiger partial charge on any atom is 0.270 e. The average Bonchev–Trinajstić information content (AvgIpc) is 2.56. The molecule has 1 rings (SSSR count).